The van der Waals surface area contributed by atoms with Gasteiger partial charge in [0.15, 0.2) is 6.17 Å². The Hall–Kier alpha value is -0.800. The highest BCUT2D eigenvalue weighted by Gasteiger charge is 2.23. The SMILES string of the molecule is C1CCCC(C2N=NN=N2)CCC1. The zero-order valence-electron chi connectivity index (χ0n) is 7.89. The highest BCUT2D eigenvalue weighted by Crippen LogP contribution is 2.28. The maximum Gasteiger partial charge on any atom is 0.188 e. The van der Waals surface area contributed by atoms with Crippen molar-refractivity contribution in [1.29, 1.82) is 0 Å². The molecule has 1 heterocycles. The van der Waals surface area contributed by atoms with E-state index in [2.05, 4.69) is 20.7 Å². The van der Waals surface area contributed by atoms with Crippen molar-refractivity contribution >= 4 is 0 Å². The number of rotatable bonds is 1. The van der Waals surface area contributed by atoms with Gasteiger partial charge >= 0.3 is 0 Å². The average Bonchev–Trinajstić information content (AvgIpc) is 2.55. The van der Waals surface area contributed by atoms with Crippen molar-refractivity contribution in [2.24, 2.45) is 26.6 Å². The lowest BCUT2D eigenvalue weighted by Crippen LogP contribution is -2.16. The third-order valence-electron chi connectivity index (χ3n) is 2.95. The summed E-state index contributed by atoms with van der Waals surface area (Å²) in [5, 5.41) is 15.2. The molecule has 1 aliphatic heterocycles. The predicted molar refractivity (Wildman–Crippen MR) is 49.3 cm³/mol. The number of hydrogen-bond donors (Lipinski definition) is 0. The molecule has 1 aliphatic carbocycles. The summed E-state index contributed by atoms with van der Waals surface area (Å²) in [6, 6.07) is 0. The van der Waals surface area contributed by atoms with Gasteiger partial charge in [-0.2, -0.15) is 0 Å². The normalized spacial score (nSPS) is 26.2. The van der Waals surface area contributed by atoms with Gasteiger partial charge in [0, 0.05) is 5.92 Å². The quantitative estimate of drug-likeness (QED) is 0.593. The molecule has 4 heteroatoms. The largest absolute Gasteiger partial charge is 0.188 e. The van der Waals surface area contributed by atoms with Crippen molar-refractivity contribution in [1.82, 2.24) is 0 Å². The maximum absolute atomic E-state index is 4.02. The first-order chi connectivity index (χ1) is 6.47. The first kappa shape index (κ1) is 8.78. The van der Waals surface area contributed by atoms with E-state index in [1.807, 2.05) is 0 Å². The smallest absolute Gasteiger partial charge is 0.138 e. The molecule has 72 valence electrons. The molecule has 0 aromatic carbocycles. The molecule has 4 nitrogen and oxygen atoms in total. The lowest BCUT2D eigenvalue weighted by atomic mass is 9.89. The van der Waals surface area contributed by atoms with Gasteiger partial charge in [-0.1, -0.05) is 32.1 Å². The van der Waals surface area contributed by atoms with Crippen LogP contribution in [0.4, 0.5) is 0 Å². The van der Waals surface area contributed by atoms with E-state index in [4.69, 9.17) is 0 Å². The van der Waals surface area contributed by atoms with Gasteiger partial charge in [-0.15, -0.1) is 10.2 Å². The van der Waals surface area contributed by atoms with Crippen LogP contribution >= 0.6 is 0 Å². The predicted octanol–water partition coefficient (Wildman–Crippen LogP) is 3.51. The Morgan fingerprint density at radius 2 is 1.23 bits per heavy atom. The van der Waals surface area contributed by atoms with Crippen LogP contribution in [-0.2, 0) is 0 Å². The summed E-state index contributed by atoms with van der Waals surface area (Å²) >= 11 is 0. The topological polar surface area (TPSA) is 49.4 Å². The minimum Gasteiger partial charge on any atom is -0.138 e. The number of nitrogens with zero attached hydrogens (tertiary/aromatic N) is 4. The van der Waals surface area contributed by atoms with Gasteiger partial charge in [0.2, 0.25) is 0 Å². The van der Waals surface area contributed by atoms with E-state index in [0.29, 0.717) is 5.92 Å². The van der Waals surface area contributed by atoms with E-state index in [-0.39, 0.29) is 6.17 Å². The van der Waals surface area contributed by atoms with Crippen LogP contribution in [0.1, 0.15) is 44.9 Å². The summed E-state index contributed by atoms with van der Waals surface area (Å²) in [6.45, 7) is 0. The molecule has 2 aliphatic rings. The summed E-state index contributed by atoms with van der Waals surface area (Å²) in [5.41, 5.74) is 0. The molecule has 0 aromatic rings. The van der Waals surface area contributed by atoms with Gasteiger partial charge in [-0.25, -0.2) is 0 Å². The highest BCUT2D eigenvalue weighted by atomic mass is 15.6. The lowest BCUT2D eigenvalue weighted by molar-refractivity contribution is 0.328. The van der Waals surface area contributed by atoms with Gasteiger partial charge in [0.05, 0.1) is 0 Å². The molecule has 0 saturated heterocycles. The molecule has 13 heavy (non-hydrogen) atoms. The van der Waals surface area contributed by atoms with Crippen LogP contribution in [0.25, 0.3) is 0 Å². The fourth-order valence-corrected chi connectivity index (χ4v) is 2.15. The van der Waals surface area contributed by atoms with Gasteiger partial charge < -0.3 is 0 Å². The molecule has 1 saturated carbocycles. The fraction of sp³-hybridized carbons (Fsp3) is 1.00. The summed E-state index contributed by atoms with van der Waals surface area (Å²) in [4.78, 5) is 0. The van der Waals surface area contributed by atoms with Crippen molar-refractivity contribution in [2.75, 3.05) is 0 Å². The van der Waals surface area contributed by atoms with E-state index in [9.17, 15) is 0 Å². The molecule has 0 unspecified atom stereocenters. The second-order valence-corrected chi connectivity index (χ2v) is 3.93. The van der Waals surface area contributed by atoms with E-state index >= 15 is 0 Å². The summed E-state index contributed by atoms with van der Waals surface area (Å²) in [7, 11) is 0. The molecule has 0 atom stereocenters. The summed E-state index contributed by atoms with van der Waals surface area (Å²) in [6.07, 6.45) is 9.36. The fourth-order valence-electron chi connectivity index (χ4n) is 2.15. The second-order valence-electron chi connectivity index (χ2n) is 3.93. The Morgan fingerprint density at radius 1 is 0.692 bits per heavy atom. The van der Waals surface area contributed by atoms with E-state index in [1.165, 1.54) is 44.9 Å². The maximum atomic E-state index is 4.02. The van der Waals surface area contributed by atoms with Crippen LogP contribution in [0, 0.1) is 5.92 Å². The van der Waals surface area contributed by atoms with Crippen LogP contribution < -0.4 is 0 Å². The Kier molecular flexibility index (Phi) is 3.00. The molecule has 0 amide bonds. The highest BCUT2D eigenvalue weighted by molar-refractivity contribution is 4.75. The molecule has 0 radical (unpaired) electrons. The standard InChI is InChI=1S/C9H16N4/c1-2-4-6-8(7-5-3-1)9-10-12-13-11-9/h8-9H,1-7H2. The third kappa shape index (κ3) is 2.32. The van der Waals surface area contributed by atoms with Crippen molar-refractivity contribution in [3.05, 3.63) is 0 Å². The second kappa shape index (κ2) is 4.44. The molecule has 2 rings (SSSR count). The van der Waals surface area contributed by atoms with E-state index in [1.54, 1.807) is 0 Å². The Balaban J connectivity index is 1.88. The minimum atomic E-state index is 0.0538. The Bertz CT molecular complexity index is 192. The first-order valence-corrected chi connectivity index (χ1v) is 5.27. The van der Waals surface area contributed by atoms with Crippen LogP contribution in [0.3, 0.4) is 0 Å². The molecule has 0 spiro atoms. The van der Waals surface area contributed by atoms with Gasteiger partial charge in [-0.05, 0) is 23.3 Å². The number of hydrogen-bond acceptors (Lipinski definition) is 4. The van der Waals surface area contributed by atoms with Crippen LogP contribution in [0.15, 0.2) is 20.7 Å². The molecular formula is C9H16N4. The van der Waals surface area contributed by atoms with Crippen LogP contribution in [0.2, 0.25) is 0 Å². The Labute approximate surface area is 78.5 Å². The van der Waals surface area contributed by atoms with Crippen molar-refractivity contribution in [3.8, 4) is 0 Å². The molecule has 1 fully saturated rings. The van der Waals surface area contributed by atoms with Crippen molar-refractivity contribution < 1.29 is 0 Å². The van der Waals surface area contributed by atoms with Crippen molar-refractivity contribution in [3.63, 3.8) is 0 Å². The monoisotopic (exact) mass is 180 g/mol. The van der Waals surface area contributed by atoms with Crippen LogP contribution in [-0.4, -0.2) is 6.17 Å². The molecule has 0 bridgehead atoms. The first-order valence-electron chi connectivity index (χ1n) is 5.27. The van der Waals surface area contributed by atoms with Gasteiger partial charge in [-0.3, -0.25) is 0 Å². The van der Waals surface area contributed by atoms with Gasteiger partial charge in [0.1, 0.15) is 0 Å². The summed E-state index contributed by atoms with van der Waals surface area (Å²) < 4.78 is 0. The van der Waals surface area contributed by atoms with E-state index < -0.39 is 0 Å². The Morgan fingerprint density at radius 3 is 1.85 bits per heavy atom. The minimum absolute atomic E-state index is 0.0538. The molecule has 0 N–H and O–H groups in total. The summed E-state index contributed by atoms with van der Waals surface area (Å²) in [5.74, 6) is 0.607. The van der Waals surface area contributed by atoms with Crippen LogP contribution in [0.5, 0.6) is 0 Å². The molecular weight excluding hydrogens is 164 g/mol. The zero-order chi connectivity index (χ0) is 8.93. The van der Waals surface area contributed by atoms with E-state index in [0.717, 1.165) is 0 Å². The third-order valence-corrected chi connectivity index (χ3v) is 2.95. The van der Waals surface area contributed by atoms with Gasteiger partial charge in [0.25, 0.3) is 0 Å². The lowest BCUT2D eigenvalue weighted by Gasteiger charge is -2.19. The molecule has 0 aromatic heterocycles. The average molecular weight is 180 g/mol. The zero-order valence-corrected chi connectivity index (χ0v) is 7.89. The van der Waals surface area contributed by atoms with Crippen molar-refractivity contribution in [2.45, 2.75) is 51.1 Å².